The molecule has 0 unspecified atom stereocenters. The smallest absolute Gasteiger partial charge is 0.337 e. The first-order chi connectivity index (χ1) is 13.3. The van der Waals surface area contributed by atoms with Crippen molar-refractivity contribution >= 4 is 40.1 Å². The molecule has 0 bridgehead atoms. The fourth-order valence-electron chi connectivity index (χ4n) is 3.39. The number of esters is 1. The number of aryl methyl sites for hydroxylation is 2. The molecule has 0 fully saturated rings. The lowest BCUT2D eigenvalue weighted by Crippen LogP contribution is -2.35. The van der Waals surface area contributed by atoms with E-state index >= 15 is 0 Å². The average Bonchev–Trinajstić information content (AvgIpc) is 2.99. The number of thiocarbonyl (C=S) groups is 1. The van der Waals surface area contributed by atoms with E-state index in [1.165, 1.54) is 7.11 Å². The monoisotopic (exact) mass is 395 g/mol. The third-order valence-corrected chi connectivity index (χ3v) is 4.61. The van der Waals surface area contributed by atoms with Crippen molar-refractivity contribution in [3.05, 3.63) is 70.4 Å². The summed E-state index contributed by atoms with van der Waals surface area (Å²) in [6.45, 7) is 4.49. The number of fused-ring (bicyclic) bond motifs is 1. The Kier molecular flexibility index (Phi) is 5.46. The van der Waals surface area contributed by atoms with Crippen molar-refractivity contribution < 1.29 is 14.3 Å². The van der Waals surface area contributed by atoms with Gasteiger partial charge in [0.15, 0.2) is 5.11 Å². The van der Waals surface area contributed by atoms with E-state index in [2.05, 4.69) is 11.4 Å². The summed E-state index contributed by atoms with van der Waals surface area (Å²) >= 11 is 4.82. The molecule has 3 aromatic rings. The molecular weight excluding hydrogens is 374 g/mol. The van der Waals surface area contributed by atoms with Gasteiger partial charge in [0, 0.05) is 11.9 Å². The van der Waals surface area contributed by atoms with Crippen LogP contribution in [0.4, 0.5) is 0 Å². The van der Waals surface area contributed by atoms with E-state index in [0.29, 0.717) is 17.8 Å². The number of aromatic nitrogens is 1. The molecule has 0 spiro atoms. The first-order valence-electron chi connectivity index (χ1n) is 8.68. The number of methoxy groups -OCH3 is 1. The molecule has 7 heteroatoms. The maximum Gasteiger partial charge on any atom is 0.337 e. The van der Waals surface area contributed by atoms with Gasteiger partial charge < -0.3 is 15.0 Å². The molecule has 0 aliphatic rings. The first kappa shape index (κ1) is 19.6. The van der Waals surface area contributed by atoms with E-state index in [-0.39, 0.29) is 17.0 Å². The Hall–Kier alpha value is -3.19. The largest absolute Gasteiger partial charge is 0.465 e. The molecule has 0 radical (unpaired) electrons. The highest BCUT2D eigenvalue weighted by atomic mass is 32.1. The fourth-order valence-corrected chi connectivity index (χ4v) is 3.48. The second kappa shape index (κ2) is 7.82. The zero-order valence-electron chi connectivity index (χ0n) is 15.9. The second-order valence-corrected chi connectivity index (χ2v) is 7.08. The van der Waals surface area contributed by atoms with Gasteiger partial charge in [-0.3, -0.25) is 10.1 Å². The molecule has 3 rings (SSSR count). The Morgan fingerprint density at radius 3 is 2.43 bits per heavy atom. The van der Waals surface area contributed by atoms with Gasteiger partial charge in [0.05, 0.1) is 18.2 Å². The molecule has 6 nitrogen and oxygen atoms in total. The van der Waals surface area contributed by atoms with E-state index in [0.717, 1.165) is 27.6 Å². The van der Waals surface area contributed by atoms with Gasteiger partial charge in [-0.1, -0.05) is 23.8 Å². The van der Waals surface area contributed by atoms with E-state index in [1.807, 2.05) is 42.7 Å². The predicted octanol–water partition coefficient (Wildman–Crippen LogP) is 3.07. The van der Waals surface area contributed by atoms with Crippen LogP contribution in [0.2, 0.25) is 0 Å². The van der Waals surface area contributed by atoms with Crippen molar-refractivity contribution in [3.8, 4) is 0 Å². The Balaban J connectivity index is 2.08. The number of hydrogen-bond donors (Lipinski definition) is 2. The lowest BCUT2D eigenvalue weighted by molar-refractivity contribution is 0.0600. The molecule has 0 atom stereocenters. The maximum absolute atomic E-state index is 12.7. The predicted molar refractivity (Wildman–Crippen MR) is 113 cm³/mol. The van der Waals surface area contributed by atoms with Crippen LogP contribution in [0, 0.1) is 13.8 Å². The van der Waals surface area contributed by atoms with E-state index in [1.54, 1.807) is 12.1 Å². The van der Waals surface area contributed by atoms with Crippen molar-refractivity contribution in [2.75, 3.05) is 7.11 Å². The van der Waals surface area contributed by atoms with E-state index in [9.17, 15) is 9.59 Å². The number of benzene rings is 2. The Labute approximate surface area is 168 Å². The summed E-state index contributed by atoms with van der Waals surface area (Å²) in [5, 5.41) is 3.40. The average molecular weight is 395 g/mol. The number of rotatable bonds is 4. The molecule has 3 N–H and O–H groups in total. The van der Waals surface area contributed by atoms with Gasteiger partial charge in [-0.2, -0.15) is 0 Å². The number of amides is 1. The summed E-state index contributed by atoms with van der Waals surface area (Å²) < 4.78 is 6.67. The Morgan fingerprint density at radius 1 is 1.14 bits per heavy atom. The normalized spacial score (nSPS) is 10.7. The van der Waals surface area contributed by atoms with Crippen LogP contribution in [-0.2, 0) is 11.3 Å². The van der Waals surface area contributed by atoms with Gasteiger partial charge in [-0.15, -0.1) is 0 Å². The zero-order chi connectivity index (χ0) is 20.4. The number of nitrogens with two attached hydrogens (primary N) is 1. The summed E-state index contributed by atoms with van der Waals surface area (Å²) in [4.78, 5) is 24.3. The molecule has 1 heterocycles. The van der Waals surface area contributed by atoms with Gasteiger partial charge in [-0.05, 0) is 61.5 Å². The minimum absolute atomic E-state index is 0.0721. The van der Waals surface area contributed by atoms with Crippen LogP contribution in [0.25, 0.3) is 10.9 Å². The molecular formula is C21H21N3O3S. The van der Waals surface area contributed by atoms with Gasteiger partial charge in [0.25, 0.3) is 5.91 Å². The van der Waals surface area contributed by atoms with Crippen molar-refractivity contribution in [1.29, 1.82) is 0 Å². The lowest BCUT2D eigenvalue weighted by Gasteiger charge is -2.13. The van der Waals surface area contributed by atoms with Crippen LogP contribution in [0.3, 0.4) is 0 Å². The van der Waals surface area contributed by atoms with E-state index in [4.69, 9.17) is 22.7 Å². The third-order valence-electron chi connectivity index (χ3n) is 4.51. The van der Waals surface area contributed by atoms with Crippen LogP contribution < -0.4 is 11.1 Å². The molecule has 2 aromatic carbocycles. The standard InChI is InChI=1S/C21H21N3O3S/c1-12-8-13(2)18-16(9-12)10-17(19(25)23-21(22)28)24(18)11-14-4-6-15(7-5-14)20(26)27-3/h4-10H,11H2,1-3H3,(H3,22,23,25,28). The van der Waals surface area contributed by atoms with Crippen molar-refractivity contribution in [1.82, 2.24) is 9.88 Å². The topological polar surface area (TPSA) is 86.3 Å². The van der Waals surface area contributed by atoms with Gasteiger partial charge in [0.2, 0.25) is 0 Å². The highest BCUT2D eigenvalue weighted by molar-refractivity contribution is 7.80. The molecule has 0 saturated heterocycles. The number of nitrogens with zero attached hydrogens (tertiary/aromatic N) is 1. The van der Waals surface area contributed by atoms with Crippen LogP contribution >= 0.6 is 12.2 Å². The molecule has 28 heavy (non-hydrogen) atoms. The van der Waals surface area contributed by atoms with E-state index < -0.39 is 0 Å². The van der Waals surface area contributed by atoms with Gasteiger partial charge in [0.1, 0.15) is 5.69 Å². The molecule has 144 valence electrons. The highest BCUT2D eigenvalue weighted by Crippen LogP contribution is 2.26. The number of carbonyl (C=O) groups excluding carboxylic acids is 2. The number of hydrogen-bond acceptors (Lipinski definition) is 4. The summed E-state index contributed by atoms with van der Waals surface area (Å²) in [5.74, 6) is -0.743. The van der Waals surface area contributed by atoms with Crippen molar-refractivity contribution in [2.45, 2.75) is 20.4 Å². The maximum atomic E-state index is 12.7. The first-order valence-corrected chi connectivity index (χ1v) is 9.09. The molecule has 0 aliphatic heterocycles. The molecule has 0 saturated carbocycles. The summed E-state index contributed by atoms with van der Waals surface area (Å²) in [6, 6.07) is 13.1. The summed E-state index contributed by atoms with van der Waals surface area (Å²) in [5.41, 5.74) is 10.5. The van der Waals surface area contributed by atoms with Gasteiger partial charge in [-0.25, -0.2) is 4.79 Å². The van der Waals surface area contributed by atoms with Gasteiger partial charge >= 0.3 is 5.97 Å². The van der Waals surface area contributed by atoms with Crippen LogP contribution in [0.5, 0.6) is 0 Å². The van der Waals surface area contributed by atoms with Crippen molar-refractivity contribution in [2.24, 2.45) is 5.73 Å². The highest BCUT2D eigenvalue weighted by Gasteiger charge is 2.18. The minimum Gasteiger partial charge on any atom is -0.465 e. The quantitative estimate of drug-likeness (QED) is 0.524. The SMILES string of the molecule is COC(=O)c1ccc(Cn2c(C(=O)NC(N)=S)cc3cc(C)cc(C)c32)cc1. The Bertz CT molecular complexity index is 1080. The molecule has 1 aromatic heterocycles. The van der Waals surface area contributed by atoms with Crippen LogP contribution in [-0.4, -0.2) is 28.7 Å². The van der Waals surface area contributed by atoms with Crippen LogP contribution in [0.15, 0.2) is 42.5 Å². The summed E-state index contributed by atoms with van der Waals surface area (Å²) in [6.07, 6.45) is 0. The number of nitrogens with one attached hydrogen (secondary N) is 1. The second-order valence-electron chi connectivity index (χ2n) is 6.64. The fraction of sp³-hybridized carbons (Fsp3) is 0.190. The number of carbonyl (C=O) groups is 2. The van der Waals surface area contributed by atoms with Crippen LogP contribution in [0.1, 0.15) is 37.5 Å². The third kappa shape index (κ3) is 3.89. The molecule has 1 amide bonds. The minimum atomic E-state index is -0.388. The summed E-state index contributed by atoms with van der Waals surface area (Å²) in [7, 11) is 1.35. The molecule has 0 aliphatic carbocycles. The Morgan fingerprint density at radius 2 is 1.82 bits per heavy atom. The zero-order valence-corrected chi connectivity index (χ0v) is 16.7. The van der Waals surface area contributed by atoms with Crippen molar-refractivity contribution in [3.63, 3.8) is 0 Å². The number of ether oxygens (including phenoxy) is 1. The lowest BCUT2D eigenvalue weighted by atomic mass is 10.1.